The predicted molar refractivity (Wildman–Crippen MR) is 86.4 cm³/mol. The number of carbonyl (C=O) groups excluding carboxylic acids is 1. The number of rotatable bonds is 4. The number of aromatic nitrogens is 2. The molecule has 1 amide bonds. The number of H-pyrrole nitrogens is 1. The molecule has 112 valence electrons. The zero-order valence-corrected chi connectivity index (χ0v) is 12.5. The van der Waals surface area contributed by atoms with Crippen molar-refractivity contribution in [2.75, 3.05) is 11.9 Å². The number of anilines is 1. The lowest BCUT2D eigenvalue weighted by Gasteiger charge is -2.09. The largest absolute Gasteiger partial charge is 0.494 e. The fourth-order valence-electron chi connectivity index (χ4n) is 2.33. The van der Waals surface area contributed by atoms with E-state index < -0.39 is 0 Å². The van der Waals surface area contributed by atoms with Crippen LogP contribution in [0, 0.1) is 6.92 Å². The molecule has 0 aliphatic heterocycles. The molecule has 2 N–H and O–H groups in total. The second kappa shape index (κ2) is 5.89. The van der Waals surface area contributed by atoms with E-state index in [0.29, 0.717) is 12.2 Å². The van der Waals surface area contributed by atoms with Crippen molar-refractivity contribution in [3.8, 4) is 5.75 Å². The molecule has 0 saturated heterocycles. The summed E-state index contributed by atoms with van der Waals surface area (Å²) in [5.41, 5.74) is 3.16. The first-order chi connectivity index (χ1) is 10.7. The number of amides is 1. The minimum absolute atomic E-state index is 0.148. The molecule has 1 heterocycles. The van der Waals surface area contributed by atoms with E-state index in [1.165, 1.54) is 0 Å². The van der Waals surface area contributed by atoms with Gasteiger partial charge < -0.3 is 10.1 Å². The van der Waals surface area contributed by atoms with Gasteiger partial charge in [-0.25, -0.2) is 0 Å². The Labute approximate surface area is 128 Å². The Balaban J connectivity index is 1.80. The predicted octanol–water partition coefficient (Wildman–Crippen LogP) is 3.52. The molecule has 3 aromatic rings. The van der Waals surface area contributed by atoms with E-state index in [-0.39, 0.29) is 5.91 Å². The molecule has 5 heteroatoms. The molecule has 1 aromatic heterocycles. The fourth-order valence-corrected chi connectivity index (χ4v) is 2.33. The Morgan fingerprint density at radius 3 is 2.91 bits per heavy atom. The summed E-state index contributed by atoms with van der Waals surface area (Å²) in [5, 5.41) is 10.8. The molecule has 0 unspecified atom stereocenters. The third kappa shape index (κ3) is 2.79. The molecule has 0 radical (unpaired) electrons. The third-order valence-electron chi connectivity index (χ3n) is 3.44. The lowest BCUT2D eigenvalue weighted by Crippen LogP contribution is -2.12. The highest BCUT2D eigenvalue weighted by atomic mass is 16.5. The Hall–Kier alpha value is -2.82. The van der Waals surface area contributed by atoms with Crippen LogP contribution in [0.25, 0.3) is 10.9 Å². The lowest BCUT2D eigenvalue weighted by atomic mass is 10.1. The highest BCUT2D eigenvalue weighted by Gasteiger charge is 2.09. The summed E-state index contributed by atoms with van der Waals surface area (Å²) >= 11 is 0. The Morgan fingerprint density at radius 2 is 2.14 bits per heavy atom. The molecule has 0 spiro atoms. The lowest BCUT2D eigenvalue weighted by molar-refractivity contribution is 0.102. The summed E-state index contributed by atoms with van der Waals surface area (Å²) in [6.07, 6.45) is 1.75. The first-order valence-corrected chi connectivity index (χ1v) is 7.15. The maximum Gasteiger partial charge on any atom is 0.255 e. The van der Waals surface area contributed by atoms with Gasteiger partial charge in [-0.1, -0.05) is 0 Å². The van der Waals surface area contributed by atoms with Gasteiger partial charge in [0.15, 0.2) is 0 Å². The monoisotopic (exact) mass is 295 g/mol. The Kier molecular flexibility index (Phi) is 3.78. The van der Waals surface area contributed by atoms with Crippen molar-refractivity contribution in [1.29, 1.82) is 0 Å². The number of aryl methyl sites for hydroxylation is 1. The molecule has 0 saturated carbocycles. The van der Waals surface area contributed by atoms with Gasteiger partial charge >= 0.3 is 0 Å². The maximum absolute atomic E-state index is 12.3. The van der Waals surface area contributed by atoms with Crippen LogP contribution in [0.3, 0.4) is 0 Å². The number of hydrogen-bond acceptors (Lipinski definition) is 3. The number of nitrogens with one attached hydrogen (secondary N) is 2. The molecule has 0 fully saturated rings. The summed E-state index contributed by atoms with van der Waals surface area (Å²) in [6, 6.07) is 11.1. The minimum atomic E-state index is -0.148. The van der Waals surface area contributed by atoms with Crippen LogP contribution in [-0.4, -0.2) is 22.7 Å². The molecular weight excluding hydrogens is 278 g/mol. The quantitative estimate of drug-likeness (QED) is 0.774. The normalized spacial score (nSPS) is 10.6. The summed E-state index contributed by atoms with van der Waals surface area (Å²) in [5.74, 6) is 0.656. The van der Waals surface area contributed by atoms with Crippen molar-refractivity contribution in [2.24, 2.45) is 0 Å². The van der Waals surface area contributed by atoms with E-state index in [2.05, 4.69) is 15.5 Å². The smallest absolute Gasteiger partial charge is 0.255 e. The van der Waals surface area contributed by atoms with Gasteiger partial charge in [0.2, 0.25) is 0 Å². The molecule has 22 heavy (non-hydrogen) atoms. The second-order valence-electron chi connectivity index (χ2n) is 5.04. The summed E-state index contributed by atoms with van der Waals surface area (Å²) in [4.78, 5) is 12.3. The number of aromatic amines is 1. The first-order valence-electron chi connectivity index (χ1n) is 7.15. The van der Waals surface area contributed by atoms with Crippen molar-refractivity contribution in [2.45, 2.75) is 13.8 Å². The molecule has 0 bridgehead atoms. The van der Waals surface area contributed by atoms with Gasteiger partial charge in [0.05, 0.1) is 18.3 Å². The minimum Gasteiger partial charge on any atom is -0.494 e. The van der Waals surface area contributed by atoms with Crippen LogP contribution >= 0.6 is 0 Å². The van der Waals surface area contributed by atoms with Crippen molar-refractivity contribution >= 4 is 22.5 Å². The summed E-state index contributed by atoms with van der Waals surface area (Å²) in [7, 11) is 0. The molecule has 2 aromatic carbocycles. The first kappa shape index (κ1) is 14.1. The van der Waals surface area contributed by atoms with Crippen LogP contribution in [0.5, 0.6) is 5.75 Å². The summed E-state index contributed by atoms with van der Waals surface area (Å²) in [6.45, 7) is 4.47. The standard InChI is InChI=1S/C17H17N3O2/c1-3-22-16-7-5-12(8-11(16)2)17(21)19-14-6-4-13-10-18-20-15(13)9-14/h4-10H,3H2,1-2H3,(H,18,20)(H,19,21). The number of carbonyl (C=O) groups is 1. The van der Waals surface area contributed by atoms with E-state index in [1.807, 2.05) is 44.2 Å². The second-order valence-corrected chi connectivity index (χ2v) is 5.04. The van der Waals surface area contributed by atoms with Crippen molar-refractivity contribution < 1.29 is 9.53 Å². The molecule has 0 atom stereocenters. The van der Waals surface area contributed by atoms with Gasteiger partial charge in [0.25, 0.3) is 5.91 Å². The zero-order valence-electron chi connectivity index (χ0n) is 12.5. The van der Waals surface area contributed by atoms with Crippen LogP contribution in [0.2, 0.25) is 0 Å². The summed E-state index contributed by atoms with van der Waals surface area (Å²) < 4.78 is 5.49. The number of nitrogens with zero attached hydrogens (tertiary/aromatic N) is 1. The number of ether oxygens (including phenoxy) is 1. The highest BCUT2D eigenvalue weighted by Crippen LogP contribution is 2.21. The number of fused-ring (bicyclic) bond motifs is 1. The molecule has 0 aliphatic carbocycles. The average molecular weight is 295 g/mol. The van der Waals surface area contributed by atoms with Crippen molar-refractivity contribution in [3.05, 3.63) is 53.7 Å². The van der Waals surface area contributed by atoms with E-state index >= 15 is 0 Å². The topological polar surface area (TPSA) is 67.0 Å². The molecule has 5 nitrogen and oxygen atoms in total. The van der Waals surface area contributed by atoms with Gasteiger partial charge in [-0.05, 0) is 55.8 Å². The fraction of sp³-hybridized carbons (Fsp3) is 0.176. The molecule has 3 rings (SSSR count). The van der Waals surface area contributed by atoms with Gasteiger partial charge in [-0.2, -0.15) is 5.10 Å². The van der Waals surface area contributed by atoms with Gasteiger partial charge in [-0.15, -0.1) is 0 Å². The van der Waals surface area contributed by atoms with Gasteiger partial charge in [-0.3, -0.25) is 9.89 Å². The van der Waals surface area contributed by atoms with Crippen molar-refractivity contribution in [3.63, 3.8) is 0 Å². The van der Waals surface area contributed by atoms with Gasteiger partial charge in [0.1, 0.15) is 5.75 Å². The maximum atomic E-state index is 12.3. The van der Waals surface area contributed by atoms with Crippen LogP contribution in [-0.2, 0) is 0 Å². The molecule has 0 aliphatic rings. The third-order valence-corrected chi connectivity index (χ3v) is 3.44. The van der Waals surface area contributed by atoms with E-state index in [1.54, 1.807) is 12.3 Å². The number of hydrogen-bond donors (Lipinski definition) is 2. The average Bonchev–Trinajstić information content (AvgIpc) is 2.97. The van der Waals surface area contributed by atoms with E-state index in [4.69, 9.17) is 4.74 Å². The van der Waals surface area contributed by atoms with Crippen LogP contribution in [0.4, 0.5) is 5.69 Å². The van der Waals surface area contributed by atoms with Crippen LogP contribution in [0.1, 0.15) is 22.8 Å². The number of benzene rings is 2. The van der Waals surface area contributed by atoms with Crippen LogP contribution in [0.15, 0.2) is 42.6 Å². The van der Waals surface area contributed by atoms with Crippen molar-refractivity contribution in [1.82, 2.24) is 10.2 Å². The van der Waals surface area contributed by atoms with Crippen LogP contribution < -0.4 is 10.1 Å². The van der Waals surface area contributed by atoms with Gasteiger partial charge in [0, 0.05) is 16.6 Å². The van der Waals surface area contributed by atoms with E-state index in [9.17, 15) is 4.79 Å². The Morgan fingerprint density at radius 1 is 1.27 bits per heavy atom. The SMILES string of the molecule is CCOc1ccc(C(=O)Nc2ccc3cn[nH]c3c2)cc1C. The molecular formula is C17H17N3O2. The highest BCUT2D eigenvalue weighted by molar-refractivity contribution is 6.05. The zero-order chi connectivity index (χ0) is 15.5. The Bertz CT molecular complexity index is 824. The van der Waals surface area contributed by atoms with E-state index in [0.717, 1.165) is 27.9 Å².